The minimum Gasteiger partial charge on any atom is -0.354 e. The molecule has 5 nitrogen and oxygen atoms in total. The van der Waals surface area contributed by atoms with Gasteiger partial charge in [0.15, 0.2) is 0 Å². The van der Waals surface area contributed by atoms with E-state index >= 15 is 0 Å². The molecule has 0 aromatic heterocycles. The van der Waals surface area contributed by atoms with Gasteiger partial charge in [-0.2, -0.15) is 0 Å². The number of hydrogen-bond acceptors (Lipinski definition) is 3. The van der Waals surface area contributed by atoms with E-state index in [0.29, 0.717) is 30.1 Å². The average Bonchev–Trinajstić information content (AvgIpc) is 2.60. The summed E-state index contributed by atoms with van der Waals surface area (Å²) in [6.07, 6.45) is 2.14. The summed E-state index contributed by atoms with van der Waals surface area (Å²) in [6, 6.07) is 15.4. The Bertz CT molecular complexity index is 824. The number of nitrogens with one attached hydrogen (secondary N) is 1. The number of benzene rings is 2. The lowest BCUT2D eigenvalue weighted by Gasteiger charge is -2.30. The number of amides is 1. The van der Waals surface area contributed by atoms with Crippen molar-refractivity contribution in [2.24, 2.45) is 0 Å². The molecule has 0 spiro atoms. The van der Waals surface area contributed by atoms with Gasteiger partial charge in [0.05, 0.1) is 11.9 Å². The Morgan fingerprint density at radius 2 is 1.73 bits per heavy atom. The fourth-order valence-corrected chi connectivity index (χ4v) is 4.08. The number of carbonyl (C=O) groups is 1. The highest BCUT2D eigenvalue weighted by molar-refractivity contribution is 7.92. The number of halogens is 1. The molecular formula is C19H23ClN2O3S. The van der Waals surface area contributed by atoms with Crippen molar-refractivity contribution in [1.82, 2.24) is 5.32 Å². The molecule has 26 heavy (non-hydrogen) atoms. The number of hydrogen-bond donors (Lipinski definition) is 1. The lowest BCUT2D eigenvalue weighted by atomic mass is 10.1. The van der Waals surface area contributed by atoms with Gasteiger partial charge < -0.3 is 5.32 Å². The first-order valence-corrected chi connectivity index (χ1v) is 10.6. The van der Waals surface area contributed by atoms with Crippen molar-refractivity contribution in [3.8, 4) is 0 Å². The molecule has 0 aliphatic carbocycles. The Hall–Kier alpha value is -2.05. The summed E-state index contributed by atoms with van der Waals surface area (Å²) < 4.78 is 25.8. The Labute approximate surface area is 160 Å². The summed E-state index contributed by atoms with van der Waals surface area (Å²) in [5.41, 5.74) is 1.53. The van der Waals surface area contributed by atoms with Crippen molar-refractivity contribution in [3.05, 3.63) is 65.2 Å². The second kappa shape index (κ2) is 9.05. The number of rotatable bonds is 8. The van der Waals surface area contributed by atoms with Crippen molar-refractivity contribution in [3.63, 3.8) is 0 Å². The average molecular weight is 395 g/mol. The van der Waals surface area contributed by atoms with Crippen molar-refractivity contribution in [2.45, 2.75) is 25.8 Å². The van der Waals surface area contributed by atoms with E-state index in [1.165, 1.54) is 0 Å². The molecule has 2 rings (SSSR count). The first-order valence-electron chi connectivity index (χ1n) is 8.39. The number of anilines is 1. The van der Waals surface area contributed by atoms with Crippen LogP contribution >= 0.6 is 11.6 Å². The smallest absolute Gasteiger partial charge is 0.243 e. The van der Waals surface area contributed by atoms with Gasteiger partial charge in [-0.05, 0) is 42.7 Å². The van der Waals surface area contributed by atoms with Crippen LogP contribution in [0, 0.1) is 0 Å². The molecule has 1 amide bonds. The highest BCUT2D eigenvalue weighted by Gasteiger charge is 2.31. The normalized spacial score (nSPS) is 12.4. The van der Waals surface area contributed by atoms with Gasteiger partial charge >= 0.3 is 0 Å². The predicted molar refractivity (Wildman–Crippen MR) is 106 cm³/mol. The van der Waals surface area contributed by atoms with Gasteiger partial charge in [0.1, 0.15) is 6.04 Å². The zero-order valence-corrected chi connectivity index (χ0v) is 16.4. The quantitative estimate of drug-likeness (QED) is 0.747. The fourth-order valence-electron chi connectivity index (χ4n) is 2.74. The minimum atomic E-state index is -3.63. The molecule has 0 bridgehead atoms. The van der Waals surface area contributed by atoms with Crippen molar-refractivity contribution < 1.29 is 13.2 Å². The molecule has 140 valence electrons. The zero-order chi connectivity index (χ0) is 19.2. The number of nitrogens with zero attached hydrogens (tertiary/aromatic N) is 1. The Morgan fingerprint density at radius 3 is 2.27 bits per heavy atom. The molecule has 0 saturated heterocycles. The van der Waals surface area contributed by atoms with Crippen molar-refractivity contribution in [1.29, 1.82) is 0 Å². The third-order valence-corrected chi connectivity index (χ3v) is 5.40. The van der Waals surface area contributed by atoms with Gasteiger partial charge in [0.2, 0.25) is 15.9 Å². The van der Waals surface area contributed by atoms with Crippen LogP contribution < -0.4 is 9.62 Å². The third kappa shape index (κ3) is 5.47. The summed E-state index contributed by atoms with van der Waals surface area (Å²) in [4.78, 5) is 12.6. The molecule has 0 fully saturated rings. The van der Waals surface area contributed by atoms with E-state index in [-0.39, 0.29) is 5.91 Å². The van der Waals surface area contributed by atoms with E-state index in [1.54, 1.807) is 31.2 Å². The Morgan fingerprint density at radius 1 is 1.12 bits per heavy atom. The second-order valence-corrected chi connectivity index (χ2v) is 8.28. The van der Waals surface area contributed by atoms with E-state index < -0.39 is 16.1 Å². The summed E-state index contributed by atoms with van der Waals surface area (Å²) in [5, 5.41) is 3.35. The fraction of sp³-hybridized carbons (Fsp3) is 0.316. The van der Waals surface area contributed by atoms with Gasteiger partial charge in [0.25, 0.3) is 0 Å². The zero-order valence-electron chi connectivity index (χ0n) is 14.9. The number of sulfonamides is 1. The van der Waals surface area contributed by atoms with Gasteiger partial charge in [-0.1, -0.05) is 48.9 Å². The topological polar surface area (TPSA) is 66.5 Å². The standard InChI is InChI=1S/C19H23ClN2O3S/c1-3-18(19(23)21-14-13-15-7-5-4-6-8-15)22(26(2,24)25)17-11-9-16(20)10-12-17/h4-12,18H,3,13-14H2,1-2H3,(H,21,23)/t18-/m0/s1. The van der Waals surface area contributed by atoms with E-state index in [9.17, 15) is 13.2 Å². The highest BCUT2D eigenvalue weighted by Crippen LogP contribution is 2.24. The molecule has 2 aromatic rings. The van der Waals surface area contributed by atoms with Crippen LogP contribution in [0.1, 0.15) is 18.9 Å². The summed E-state index contributed by atoms with van der Waals surface area (Å²) in [5.74, 6) is -0.316. The van der Waals surface area contributed by atoms with Gasteiger partial charge in [0, 0.05) is 11.6 Å². The van der Waals surface area contributed by atoms with Gasteiger partial charge in [-0.3, -0.25) is 9.10 Å². The Kier molecular flexibility index (Phi) is 7.06. The van der Waals surface area contributed by atoms with Crippen LogP contribution in [0.5, 0.6) is 0 Å². The maximum atomic E-state index is 12.6. The molecule has 0 radical (unpaired) electrons. The monoisotopic (exact) mass is 394 g/mol. The lowest BCUT2D eigenvalue weighted by molar-refractivity contribution is -0.122. The molecule has 0 aliphatic heterocycles. The van der Waals surface area contributed by atoms with Crippen LogP contribution in [0.15, 0.2) is 54.6 Å². The molecule has 1 N–H and O–H groups in total. The molecule has 0 saturated carbocycles. The van der Waals surface area contributed by atoms with Gasteiger partial charge in [-0.25, -0.2) is 8.42 Å². The number of carbonyl (C=O) groups excluding carboxylic acids is 1. The van der Waals surface area contributed by atoms with Gasteiger partial charge in [-0.15, -0.1) is 0 Å². The van der Waals surface area contributed by atoms with E-state index in [0.717, 1.165) is 16.1 Å². The highest BCUT2D eigenvalue weighted by atomic mass is 35.5. The predicted octanol–water partition coefficient (Wildman–Crippen LogP) is 3.24. The minimum absolute atomic E-state index is 0.316. The SMILES string of the molecule is CC[C@@H](C(=O)NCCc1ccccc1)N(c1ccc(Cl)cc1)S(C)(=O)=O. The summed E-state index contributed by atoms with van der Waals surface area (Å²) in [6.45, 7) is 2.23. The van der Waals surface area contributed by atoms with Crippen LogP contribution in [0.3, 0.4) is 0 Å². The van der Waals surface area contributed by atoms with Crippen LogP contribution in [-0.2, 0) is 21.2 Å². The molecule has 2 aromatic carbocycles. The third-order valence-electron chi connectivity index (χ3n) is 3.97. The summed E-state index contributed by atoms with van der Waals surface area (Å²) in [7, 11) is -3.63. The first kappa shape index (κ1) is 20.3. The molecule has 0 aliphatic rings. The maximum Gasteiger partial charge on any atom is 0.243 e. The molecule has 7 heteroatoms. The maximum absolute atomic E-state index is 12.6. The lowest BCUT2D eigenvalue weighted by Crippen LogP contribution is -2.49. The largest absolute Gasteiger partial charge is 0.354 e. The van der Waals surface area contributed by atoms with Crippen LogP contribution in [0.4, 0.5) is 5.69 Å². The summed E-state index contributed by atoms with van der Waals surface area (Å²) >= 11 is 5.89. The molecular weight excluding hydrogens is 372 g/mol. The van der Waals surface area contributed by atoms with Crippen molar-refractivity contribution in [2.75, 3.05) is 17.1 Å². The van der Waals surface area contributed by atoms with Crippen LogP contribution in [-0.4, -0.2) is 33.2 Å². The van der Waals surface area contributed by atoms with Crippen LogP contribution in [0.2, 0.25) is 5.02 Å². The molecule has 1 atom stereocenters. The Balaban J connectivity index is 2.13. The molecule has 0 unspecified atom stereocenters. The van der Waals surface area contributed by atoms with E-state index in [1.807, 2.05) is 30.3 Å². The van der Waals surface area contributed by atoms with Crippen molar-refractivity contribution >= 4 is 33.2 Å². The van der Waals surface area contributed by atoms with Crippen LogP contribution in [0.25, 0.3) is 0 Å². The molecule has 0 heterocycles. The first-order chi connectivity index (χ1) is 12.3. The van der Waals surface area contributed by atoms with E-state index in [2.05, 4.69) is 5.32 Å². The van der Waals surface area contributed by atoms with E-state index in [4.69, 9.17) is 11.6 Å². The second-order valence-electron chi connectivity index (χ2n) is 5.99.